The largest absolute Gasteiger partial charge is 0.404 e. The first-order valence-electron chi connectivity index (χ1n) is 9.47. The van der Waals surface area contributed by atoms with Crippen molar-refractivity contribution in [1.29, 1.82) is 0 Å². The average molecular weight is 410 g/mol. The van der Waals surface area contributed by atoms with Gasteiger partial charge < -0.3 is 10.6 Å². The maximum Gasteiger partial charge on any atom is 0.404 e. The molecule has 10 heteroatoms. The van der Waals surface area contributed by atoms with Crippen LogP contribution in [0.5, 0.6) is 0 Å². The van der Waals surface area contributed by atoms with Gasteiger partial charge in [0.05, 0.1) is 0 Å². The number of carbonyl (C=O) groups excluding carboxylic acids is 3. The Kier molecular flexibility index (Phi) is 4.86. The highest BCUT2D eigenvalue weighted by Crippen LogP contribution is 2.35. The van der Waals surface area contributed by atoms with E-state index < -0.39 is 30.2 Å². The third-order valence-corrected chi connectivity index (χ3v) is 5.87. The Bertz CT molecular complexity index is 873. The highest BCUT2D eigenvalue weighted by molar-refractivity contribution is 6.05. The van der Waals surface area contributed by atoms with Gasteiger partial charge in [0.2, 0.25) is 11.8 Å². The molecule has 1 aromatic rings. The molecule has 29 heavy (non-hydrogen) atoms. The van der Waals surface area contributed by atoms with E-state index in [9.17, 15) is 27.6 Å². The number of fused-ring (bicyclic) bond motifs is 1. The molecule has 0 aromatic heterocycles. The fourth-order valence-corrected chi connectivity index (χ4v) is 4.47. The van der Waals surface area contributed by atoms with Crippen molar-refractivity contribution >= 4 is 17.7 Å². The zero-order chi connectivity index (χ0) is 20.9. The summed E-state index contributed by atoms with van der Waals surface area (Å²) in [6, 6.07) is 2.03. The maximum absolute atomic E-state index is 13.4. The number of hydrogen-bond acceptors (Lipinski definition) is 5. The van der Waals surface area contributed by atoms with Crippen molar-refractivity contribution in [2.24, 2.45) is 5.73 Å². The number of nitrogens with one attached hydrogen (secondary N) is 1. The SMILES string of the molecule is N[C@H]1C[C@H](C(F)(F)F)N(Cc2cccc3c2CN(C2CCC(=O)NC2=O)C3=O)C1. The van der Waals surface area contributed by atoms with Crippen molar-refractivity contribution in [3.05, 3.63) is 34.9 Å². The van der Waals surface area contributed by atoms with E-state index in [0.717, 1.165) is 0 Å². The van der Waals surface area contributed by atoms with Gasteiger partial charge in [-0.1, -0.05) is 12.1 Å². The number of halogens is 3. The van der Waals surface area contributed by atoms with Crippen molar-refractivity contribution < 1.29 is 27.6 Å². The van der Waals surface area contributed by atoms with Crippen molar-refractivity contribution in [3.8, 4) is 0 Å². The van der Waals surface area contributed by atoms with Crippen LogP contribution in [-0.2, 0) is 22.7 Å². The summed E-state index contributed by atoms with van der Waals surface area (Å²) < 4.78 is 40.1. The van der Waals surface area contributed by atoms with E-state index in [4.69, 9.17) is 5.73 Å². The normalized spacial score (nSPS) is 28.1. The summed E-state index contributed by atoms with van der Waals surface area (Å²) in [4.78, 5) is 39.1. The lowest BCUT2D eigenvalue weighted by Crippen LogP contribution is -2.52. The Balaban J connectivity index is 1.57. The first kappa shape index (κ1) is 19.8. The standard InChI is InChI=1S/C19H21F3N4O3/c20-19(21,22)15-6-11(23)8-25(15)7-10-2-1-3-12-13(10)9-26(18(12)29)14-4-5-16(27)24-17(14)28/h1-3,11,14-15H,4-9,23H2,(H,24,27,28)/t11-,14?,15+/m0/s1. The number of nitrogens with zero attached hydrogens (tertiary/aromatic N) is 2. The van der Waals surface area contributed by atoms with Crippen LogP contribution in [0.4, 0.5) is 13.2 Å². The molecule has 0 radical (unpaired) electrons. The lowest BCUT2D eigenvalue weighted by molar-refractivity contribution is -0.177. The molecule has 3 atom stereocenters. The van der Waals surface area contributed by atoms with Crippen LogP contribution in [0.2, 0.25) is 0 Å². The van der Waals surface area contributed by atoms with Crippen LogP contribution in [0.3, 0.4) is 0 Å². The highest BCUT2D eigenvalue weighted by Gasteiger charge is 2.48. The molecule has 1 aromatic carbocycles. The molecular formula is C19H21F3N4O3. The van der Waals surface area contributed by atoms with E-state index >= 15 is 0 Å². The number of piperidine rings is 1. The van der Waals surface area contributed by atoms with Gasteiger partial charge in [0, 0.05) is 37.7 Å². The predicted octanol–water partition coefficient (Wildman–Crippen LogP) is 0.911. The van der Waals surface area contributed by atoms with Crippen LogP contribution >= 0.6 is 0 Å². The van der Waals surface area contributed by atoms with Crippen LogP contribution in [0.1, 0.15) is 40.7 Å². The van der Waals surface area contributed by atoms with Gasteiger partial charge >= 0.3 is 6.18 Å². The lowest BCUT2D eigenvalue weighted by Gasteiger charge is -2.29. The van der Waals surface area contributed by atoms with Crippen LogP contribution in [0.25, 0.3) is 0 Å². The highest BCUT2D eigenvalue weighted by atomic mass is 19.4. The van der Waals surface area contributed by atoms with Crippen LogP contribution in [0.15, 0.2) is 18.2 Å². The monoisotopic (exact) mass is 410 g/mol. The first-order valence-corrected chi connectivity index (χ1v) is 9.47. The molecule has 2 saturated heterocycles. The number of benzene rings is 1. The van der Waals surface area contributed by atoms with Crippen molar-refractivity contribution in [1.82, 2.24) is 15.1 Å². The average Bonchev–Trinajstić information content (AvgIpc) is 3.16. The van der Waals surface area contributed by atoms with Gasteiger partial charge in [0.1, 0.15) is 12.1 Å². The lowest BCUT2D eigenvalue weighted by atomic mass is 10.0. The Morgan fingerprint density at radius 3 is 2.66 bits per heavy atom. The van der Waals surface area contributed by atoms with E-state index in [1.807, 2.05) is 0 Å². The van der Waals surface area contributed by atoms with E-state index in [2.05, 4.69) is 5.32 Å². The minimum atomic E-state index is -4.37. The number of carbonyl (C=O) groups is 3. The third kappa shape index (κ3) is 3.62. The zero-order valence-corrected chi connectivity index (χ0v) is 15.5. The summed E-state index contributed by atoms with van der Waals surface area (Å²) in [5.41, 5.74) is 7.41. The molecule has 3 aliphatic rings. The van der Waals surface area contributed by atoms with E-state index in [1.54, 1.807) is 18.2 Å². The number of imide groups is 1. The first-order chi connectivity index (χ1) is 13.6. The molecule has 0 saturated carbocycles. The van der Waals surface area contributed by atoms with Crippen molar-refractivity contribution in [3.63, 3.8) is 0 Å². The number of rotatable bonds is 3. The second kappa shape index (κ2) is 7.10. The van der Waals surface area contributed by atoms with E-state index in [1.165, 1.54) is 9.80 Å². The number of alkyl halides is 3. The van der Waals surface area contributed by atoms with Crippen LogP contribution < -0.4 is 11.1 Å². The Hall–Kier alpha value is -2.46. The fourth-order valence-electron chi connectivity index (χ4n) is 4.47. The molecule has 3 amide bonds. The minimum absolute atomic E-state index is 0.0253. The summed E-state index contributed by atoms with van der Waals surface area (Å²) in [7, 11) is 0. The van der Waals surface area contributed by atoms with Crippen molar-refractivity contribution in [2.75, 3.05) is 6.54 Å². The van der Waals surface area contributed by atoms with Gasteiger partial charge in [-0.25, -0.2) is 0 Å². The molecule has 3 N–H and O–H groups in total. The summed E-state index contributed by atoms with van der Waals surface area (Å²) in [6.07, 6.45) is -4.15. The summed E-state index contributed by atoms with van der Waals surface area (Å²) in [5, 5.41) is 2.24. The summed E-state index contributed by atoms with van der Waals surface area (Å²) in [5.74, 6) is -1.24. The van der Waals surface area contributed by atoms with Crippen molar-refractivity contribution in [2.45, 2.75) is 56.7 Å². The molecule has 2 fully saturated rings. The summed E-state index contributed by atoms with van der Waals surface area (Å²) >= 11 is 0. The van der Waals surface area contributed by atoms with Gasteiger partial charge in [-0.05, 0) is 30.0 Å². The predicted molar refractivity (Wildman–Crippen MR) is 95.3 cm³/mol. The molecule has 4 rings (SSSR count). The molecule has 7 nitrogen and oxygen atoms in total. The molecule has 156 valence electrons. The van der Waals surface area contributed by atoms with E-state index in [-0.39, 0.29) is 50.7 Å². The Morgan fingerprint density at radius 1 is 1.21 bits per heavy atom. The smallest absolute Gasteiger partial charge is 0.326 e. The number of hydrogen-bond donors (Lipinski definition) is 2. The summed E-state index contributed by atoms with van der Waals surface area (Å²) in [6.45, 7) is 0.281. The molecule has 1 unspecified atom stereocenters. The van der Waals surface area contributed by atoms with Gasteiger partial charge in [0.25, 0.3) is 5.91 Å². The van der Waals surface area contributed by atoms with Gasteiger partial charge in [-0.15, -0.1) is 0 Å². The van der Waals surface area contributed by atoms with Gasteiger partial charge in [0.15, 0.2) is 0 Å². The molecule has 3 aliphatic heterocycles. The molecule has 0 aliphatic carbocycles. The Morgan fingerprint density at radius 2 is 1.97 bits per heavy atom. The number of likely N-dealkylation sites (tertiary alicyclic amines) is 1. The third-order valence-electron chi connectivity index (χ3n) is 5.87. The quantitative estimate of drug-likeness (QED) is 0.723. The Labute approximate surface area is 165 Å². The topological polar surface area (TPSA) is 95.7 Å². The number of amides is 3. The maximum atomic E-state index is 13.4. The second-order valence-electron chi connectivity index (χ2n) is 7.83. The molecule has 0 spiro atoms. The molecule has 0 bridgehead atoms. The van der Waals surface area contributed by atoms with Gasteiger partial charge in [-0.2, -0.15) is 13.2 Å². The fraction of sp³-hybridized carbons (Fsp3) is 0.526. The second-order valence-corrected chi connectivity index (χ2v) is 7.83. The van der Waals surface area contributed by atoms with Gasteiger partial charge in [-0.3, -0.25) is 24.6 Å². The molecular weight excluding hydrogens is 389 g/mol. The van der Waals surface area contributed by atoms with E-state index in [0.29, 0.717) is 16.7 Å². The molecule has 3 heterocycles. The zero-order valence-electron chi connectivity index (χ0n) is 15.5. The van der Waals surface area contributed by atoms with Crippen LogP contribution in [-0.4, -0.2) is 58.4 Å². The van der Waals surface area contributed by atoms with Crippen LogP contribution in [0, 0.1) is 0 Å². The minimum Gasteiger partial charge on any atom is -0.326 e. The number of nitrogens with two attached hydrogens (primary N) is 1.